The second-order valence-corrected chi connectivity index (χ2v) is 4.62. The van der Waals surface area contributed by atoms with E-state index in [0.717, 1.165) is 19.3 Å². The minimum absolute atomic E-state index is 0.0419. The van der Waals surface area contributed by atoms with Crippen LogP contribution in [0.25, 0.3) is 0 Å². The van der Waals surface area contributed by atoms with Crippen molar-refractivity contribution in [3.63, 3.8) is 0 Å². The van der Waals surface area contributed by atoms with Crippen LogP contribution in [0, 0.1) is 0 Å². The largest absolute Gasteiger partial charge is 0.393 e. The number of hydrogen-bond acceptors (Lipinski definition) is 2. The Kier molecular flexibility index (Phi) is 4.39. The number of rotatable bonds is 7. The minimum Gasteiger partial charge on any atom is -0.393 e. The van der Waals surface area contributed by atoms with Crippen molar-refractivity contribution in [3.05, 3.63) is 0 Å². The molecule has 2 nitrogen and oxygen atoms in total. The van der Waals surface area contributed by atoms with Gasteiger partial charge in [-0.2, -0.15) is 0 Å². The van der Waals surface area contributed by atoms with Crippen molar-refractivity contribution in [1.82, 2.24) is 0 Å². The normalized spacial score (nSPS) is 33.0. The summed E-state index contributed by atoms with van der Waals surface area (Å²) in [5, 5.41) is 9.43. The lowest BCUT2D eigenvalue weighted by atomic mass is 9.90. The highest BCUT2D eigenvalue weighted by Crippen LogP contribution is 2.47. The molecule has 0 aromatic heterocycles. The van der Waals surface area contributed by atoms with Crippen molar-refractivity contribution in [2.45, 2.75) is 77.1 Å². The first-order valence-corrected chi connectivity index (χ1v) is 6.00. The molecule has 0 amide bonds. The summed E-state index contributed by atoms with van der Waals surface area (Å²) < 4.78 is 5.80. The molecule has 0 aromatic rings. The maximum atomic E-state index is 9.43. The lowest BCUT2D eigenvalue weighted by Gasteiger charge is -2.14. The van der Waals surface area contributed by atoms with Crippen molar-refractivity contribution in [3.8, 4) is 0 Å². The van der Waals surface area contributed by atoms with E-state index in [9.17, 15) is 5.11 Å². The molecular weight excluding hydrogens is 176 g/mol. The van der Waals surface area contributed by atoms with Crippen LogP contribution in [0.15, 0.2) is 0 Å². The molecule has 0 aromatic carbocycles. The second kappa shape index (κ2) is 5.13. The Morgan fingerprint density at radius 1 is 1.36 bits per heavy atom. The fraction of sp³-hybridized carbons (Fsp3) is 1.00. The Morgan fingerprint density at radius 2 is 2.07 bits per heavy atom. The van der Waals surface area contributed by atoms with Crippen molar-refractivity contribution < 1.29 is 9.84 Å². The topological polar surface area (TPSA) is 32.8 Å². The maximum absolute atomic E-state index is 9.43. The highest BCUT2D eigenvalue weighted by molar-refractivity contribution is 5.02. The van der Waals surface area contributed by atoms with E-state index in [1.165, 1.54) is 19.3 Å². The molecule has 0 bridgehead atoms. The lowest BCUT2D eigenvalue weighted by Crippen LogP contribution is -2.21. The fourth-order valence-corrected chi connectivity index (χ4v) is 2.31. The molecule has 1 rings (SSSR count). The van der Waals surface area contributed by atoms with E-state index in [1.807, 2.05) is 6.92 Å². The molecule has 1 heterocycles. The van der Waals surface area contributed by atoms with Gasteiger partial charge >= 0.3 is 0 Å². The average molecular weight is 200 g/mol. The average Bonchev–Trinajstić information content (AvgIpc) is 2.75. The Balaban J connectivity index is 2.38. The van der Waals surface area contributed by atoms with Gasteiger partial charge in [0.1, 0.15) is 0 Å². The summed E-state index contributed by atoms with van der Waals surface area (Å²) in [7, 11) is 0. The third-order valence-electron chi connectivity index (χ3n) is 3.05. The molecule has 0 unspecified atom stereocenters. The van der Waals surface area contributed by atoms with Gasteiger partial charge < -0.3 is 9.84 Å². The van der Waals surface area contributed by atoms with E-state index >= 15 is 0 Å². The fourth-order valence-electron chi connectivity index (χ4n) is 2.31. The van der Waals surface area contributed by atoms with E-state index in [2.05, 4.69) is 13.8 Å². The molecule has 84 valence electrons. The van der Waals surface area contributed by atoms with Gasteiger partial charge in [-0.25, -0.2) is 0 Å². The van der Waals surface area contributed by atoms with Gasteiger partial charge in [0.2, 0.25) is 0 Å². The SMILES string of the molecule is CCCC[C@]1(C[C@H](C)O)O[C@@H]1CCC. The maximum Gasteiger partial charge on any atom is 0.0972 e. The molecule has 1 aliphatic heterocycles. The molecule has 14 heavy (non-hydrogen) atoms. The summed E-state index contributed by atoms with van der Waals surface area (Å²) in [6, 6.07) is 0. The molecule has 0 spiro atoms. The van der Waals surface area contributed by atoms with Crippen molar-refractivity contribution >= 4 is 0 Å². The van der Waals surface area contributed by atoms with Crippen LogP contribution >= 0.6 is 0 Å². The van der Waals surface area contributed by atoms with E-state index in [4.69, 9.17) is 4.74 Å². The van der Waals surface area contributed by atoms with Crippen molar-refractivity contribution in [2.75, 3.05) is 0 Å². The molecule has 1 N–H and O–H groups in total. The number of aliphatic hydroxyl groups excluding tert-OH is 1. The standard InChI is InChI=1S/C12H24O2/c1-4-6-8-12(9-10(3)13)11(14-12)7-5-2/h10-11,13H,4-9H2,1-3H3/t10-,11+,12+/m0/s1. The summed E-state index contributed by atoms with van der Waals surface area (Å²) in [4.78, 5) is 0. The summed E-state index contributed by atoms with van der Waals surface area (Å²) in [5.74, 6) is 0. The molecule has 3 atom stereocenters. The molecule has 0 aliphatic carbocycles. The van der Waals surface area contributed by atoms with Gasteiger partial charge in [0, 0.05) is 6.42 Å². The van der Waals surface area contributed by atoms with Crippen LogP contribution in [0.4, 0.5) is 0 Å². The predicted octanol–water partition coefficient (Wildman–Crippen LogP) is 2.89. The summed E-state index contributed by atoms with van der Waals surface area (Å²) >= 11 is 0. The van der Waals surface area contributed by atoms with Gasteiger partial charge in [-0.3, -0.25) is 0 Å². The van der Waals surface area contributed by atoms with Crippen LogP contribution in [0.5, 0.6) is 0 Å². The first-order chi connectivity index (χ1) is 6.64. The molecule has 1 fully saturated rings. The smallest absolute Gasteiger partial charge is 0.0972 e. The summed E-state index contributed by atoms with van der Waals surface area (Å²) in [5.41, 5.74) is 0.0419. The van der Waals surface area contributed by atoms with Crippen LogP contribution < -0.4 is 0 Å². The first-order valence-electron chi connectivity index (χ1n) is 6.00. The zero-order chi connectivity index (χ0) is 10.6. The van der Waals surface area contributed by atoms with E-state index < -0.39 is 0 Å². The van der Waals surface area contributed by atoms with E-state index in [1.54, 1.807) is 0 Å². The van der Waals surface area contributed by atoms with Gasteiger partial charge in [-0.05, 0) is 19.8 Å². The molecule has 0 saturated carbocycles. The van der Waals surface area contributed by atoms with Crippen molar-refractivity contribution in [2.24, 2.45) is 0 Å². The zero-order valence-electron chi connectivity index (χ0n) is 9.75. The number of ether oxygens (including phenoxy) is 1. The van der Waals surface area contributed by atoms with Crippen LogP contribution in [-0.2, 0) is 4.74 Å². The minimum atomic E-state index is -0.228. The molecule has 2 heteroatoms. The van der Waals surface area contributed by atoms with Gasteiger partial charge in [0.15, 0.2) is 0 Å². The quantitative estimate of drug-likeness (QED) is 0.641. The number of aliphatic hydroxyl groups is 1. The Hall–Kier alpha value is -0.0800. The van der Waals surface area contributed by atoms with Crippen LogP contribution in [-0.4, -0.2) is 22.9 Å². The van der Waals surface area contributed by atoms with Crippen LogP contribution in [0.2, 0.25) is 0 Å². The Bertz CT molecular complexity index is 168. The monoisotopic (exact) mass is 200 g/mol. The molecule has 1 aliphatic rings. The third-order valence-corrected chi connectivity index (χ3v) is 3.05. The number of unbranched alkanes of at least 4 members (excludes halogenated alkanes) is 1. The van der Waals surface area contributed by atoms with Crippen LogP contribution in [0.3, 0.4) is 0 Å². The molecular formula is C12H24O2. The first kappa shape index (κ1) is 12.0. The summed E-state index contributed by atoms with van der Waals surface area (Å²) in [6.07, 6.45) is 6.89. The van der Waals surface area contributed by atoms with Gasteiger partial charge in [0.05, 0.1) is 17.8 Å². The van der Waals surface area contributed by atoms with E-state index in [0.29, 0.717) is 6.10 Å². The lowest BCUT2D eigenvalue weighted by molar-refractivity contribution is 0.134. The van der Waals surface area contributed by atoms with Gasteiger partial charge in [-0.15, -0.1) is 0 Å². The Labute approximate surface area is 87.7 Å². The van der Waals surface area contributed by atoms with Gasteiger partial charge in [0.25, 0.3) is 0 Å². The zero-order valence-corrected chi connectivity index (χ0v) is 9.75. The number of epoxide rings is 1. The highest BCUT2D eigenvalue weighted by Gasteiger charge is 2.54. The molecule has 1 saturated heterocycles. The van der Waals surface area contributed by atoms with Gasteiger partial charge in [-0.1, -0.05) is 33.1 Å². The highest BCUT2D eigenvalue weighted by atomic mass is 16.6. The number of hydrogen-bond donors (Lipinski definition) is 1. The summed E-state index contributed by atoms with van der Waals surface area (Å²) in [6.45, 7) is 6.25. The molecule has 0 radical (unpaired) electrons. The third kappa shape index (κ3) is 2.96. The van der Waals surface area contributed by atoms with Crippen LogP contribution in [0.1, 0.15) is 59.3 Å². The van der Waals surface area contributed by atoms with Crippen molar-refractivity contribution in [1.29, 1.82) is 0 Å². The second-order valence-electron chi connectivity index (χ2n) is 4.62. The van der Waals surface area contributed by atoms with E-state index in [-0.39, 0.29) is 11.7 Å². The predicted molar refractivity (Wildman–Crippen MR) is 58.3 cm³/mol. The Morgan fingerprint density at radius 3 is 2.57 bits per heavy atom.